The van der Waals surface area contributed by atoms with Crippen LogP contribution < -0.4 is 0 Å². The zero-order valence-electron chi connectivity index (χ0n) is 18.8. The Balaban J connectivity index is 1.74. The predicted octanol–water partition coefficient (Wildman–Crippen LogP) is 6.96. The number of rotatable bonds is 6. The molecule has 0 radical (unpaired) electrons. The zero-order valence-corrected chi connectivity index (χ0v) is 18.8. The standard InChI is InChI=1S/C31H28O/c1-3-4-5-11-28-12-6-8-14-30(28)23-21-26-17-19-27(20-18-26)22-24-31-15-9-7-13-29(31)16-10-25-32-2/h5-20H,3-4,25H2,1-2H3/b11-5+,16-10+. The number of ether oxygens (including phenoxy) is 1. The van der Waals surface area contributed by atoms with E-state index in [0.29, 0.717) is 6.61 Å². The van der Waals surface area contributed by atoms with Crippen molar-refractivity contribution in [2.45, 2.75) is 19.8 Å². The summed E-state index contributed by atoms with van der Waals surface area (Å²) in [4.78, 5) is 0. The molecule has 3 aromatic rings. The van der Waals surface area contributed by atoms with Gasteiger partial charge in [-0.05, 0) is 53.9 Å². The van der Waals surface area contributed by atoms with Gasteiger partial charge in [-0.1, -0.05) is 97.7 Å². The lowest BCUT2D eigenvalue weighted by atomic mass is 10.1. The topological polar surface area (TPSA) is 9.23 Å². The number of allylic oxidation sites excluding steroid dienone is 1. The third-order valence-electron chi connectivity index (χ3n) is 4.80. The molecule has 0 aliphatic carbocycles. The number of benzene rings is 3. The van der Waals surface area contributed by atoms with E-state index >= 15 is 0 Å². The molecule has 0 fully saturated rings. The molecule has 0 unspecified atom stereocenters. The van der Waals surface area contributed by atoms with Crippen LogP contribution in [0.3, 0.4) is 0 Å². The normalized spacial score (nSPS) is 10.6. The van der Waals surface area contributed by atoms with Crippen LogP contribution in [0.2, 0.25) is 0 Å². The molecule has 0 aliphatic rings. The third-order valence-corrected chi connectivity index (χ3v) is 4.80. The molecular weight excluding hydrogens is 388 g/mol. The average Bonchev–Trinajstić information content (AvgIpc) is 2.84. The molecule has 1 heteroatoms. The van der Waals surface area contributed by atoms with E-state index in [0.717, 1.165) is 46.2 Å². The summed E-state index contributed by atoms with van der Waals surface area (Å²) in [7, 11) is 1.69. The lowest BCUT2D eigenvalue weighted by Gasteiger charge is -1.99. The Morgan fingerprint density at radius 3 is 1.66 bits per heavy atom. The third kappa shape index (κ3) is 7.17. The van der Waals surface area contributed by atoms with Crippen molar-refractivity contribution in [1.29, 1.82) is 0 Å². The highest BCUT2D eigenvalue weighted by molar-refractivity contribution is 5.61. The van der Waals surface area contributed by atoms with Crippen LogP contribution in [0.15, 0.2) is 84.9 Å². The van der Waals surface area contributed by atoms with Crippen LogP contribution in [0.25, 0.3) is 12.2 Å². The van der Waals surface area contributed by atoms with E-state index in [1.165, 1.54) is 0 Å². The molecule has 0 spiro atoms. The molecule has 0 atom stereocenters. The second-order valence-corrected chi connectivity index (χ2v) is 7.30. The number of unbranched alkanes of at least 4 members (excludes halogenated alkanes) is 1. The molecule has 32 heavy (non-hydrogen) atoms. The lowest BCUT2D eigenvalue weighted by molar-refractivity contribution is 0.234. The first kappa shape index (κ1) is 22.9. The van der Waals surface area contributed by atoms with Crippen molar-refractivity contribution in [2.75, 3.05) is 13.7 Å². The maximum atomic E-state index is 5.08. The van der Waals surface area contributed by atoms with Crippen LogP contribution in [-0.2, 0) is 4.74 Å². The van der Waals surface area contributed by atoms with Crippen molar-refractivity contribution in [1.82, 2.24) is 0 Å². The Bertz CT molecular complexity index is 1090. The number of hydrogen-bond donors (Lipinski definition) is 0. The summed E-state index contributed by atoms with van der Waals surface area (Å²) in [5, 5.41) is 0. The fraction of sp³-hybridized carbons (Fsp3) is 0.161. The van der Waals surface area contributed by atoms with Crippen molar-refractivity contribution >= 4 is 12.2 Å². The van der Waals surface area contributed by atoms with Gasteiger partial charge in [-0.2, -0.15) is 0 Å². The number of hydrogen-bond acceptors (Lipinski definition) is 1. The quantitative estimate of drug-likeness (QED) is 0.395. The molecule has 3 aromatic carbocycles. The predicted molar refractivity (Wildman–Crippen MR) is 136 cm³/mol. The molecule has 1 nitrogen and oxygen atoms in total. The summed E-state index contributed by atoms with van der Waals surface area (Å²) in [5.74, 6) is 13.1. The maximum Gasteiger partial charge on any atom is 0.0646 e. The Morgan fingerprint density at radius 2 is 1.16 bits per heavy atom. The van der Waals surface area contributed by atoms with Gasteiger partial charge < -0.3 is 4.74 Å². The van der Waals surface area contributed by atoms with Crippen LogP contribution in [0.1, 0.15) is 53.1 Å². The van der Waals surface area contributed by atoms with E-state index in [9.17, 15) is 0 Å². The molecule has 0 heterocycles. The van der Waals surface area contributed by atoms with Gasteiger partial charge in [0.25, 0.3) is 0 Å². The van der Waals surface area contributed by atoms with Crippen LogP contribution in [-0.4, -0.2) is 13.7 Å². The highest BCUT2D eigenvalue weighted by atomic mass is 16.5. The maximum absolute atomic E-state index is 5.08. The summed E-state index contributed by atoms with van der Waals surface area (Å²) in [6.07, 6.45) is 10.6. The van der Waals surface area contributed by atoms with E-state index < -0.39 is 0 Å². The van der Waals surface area contributed by atoms with Gasteiger partial charge in [-0.3, -0.25) is 0 Å². The summed E-state index contributed by atoms with van der Waals surface area (Å²) in [5.41, 5.74) is 6.23. The van der Waals surface area contributed by atoms with Crippen LogP contribution >= 0.6 is 0 Å². The van der Waals surface area contributed by atoms with Gasteiger partial charge in [0.1, 0.15) is 0 Å². The molecule has 0 aliphatic heterocycles. The summed E-state index contributed by atoms with van der Waals surface area (Å²) < 4.78 is 5.08. The first-order chi connectivity index (χ1) is 15.8. The van der Waals surface area contributed by atoms with Crippen LogP contribution in [0.5, 0.6) is 0 Å². The molecule has 0 amide bonds. The largest absolute Gasteiger partial charge is 0.381 e. The lowest BCUT2D eigenvalue weighted by Crippen LogP contribution is -1.84. The Morgan fingerprint density at radius 1 is 0.656 bits per heavy atom. The molecule has 0 saturated heterocycles. The van der Waals surface area contributed by atoms with Gasteiger partial charge in [0.15, 0.2) is 0 Å². The van der Waals surface area contributed by atoms with Gasteiger partial charge in [0.05, 0.1) is 6.61 Å². The fourth-order valence-electron chi connectivity index (χ4n) is 3.08. The SMILES string of the molecule is CCC/C=C/c1ccccc1C#Cc1ccc(C#Cc2ccccc2/C=C/COC)cc1. The van der Waals surface area contributed by atoms with E-state index in [4.69, 9.17) is 4.74 Å². The van der Waals surface area contributed by atoms with Gasteiger partial charge in [0.2, 0.25) is 0 Å². The second kappa shape index (κ2) is 12.8. The first-order valence-corrected chi connectivity index (χ1v) is 10.9. The minimum Gasteiger partial charge on any atom is -0.381 e. The van der Waals surface area contributed by atoms with Gasteiger partial charge >= 0.3 is 0 Å². The average molecular weight is 417 g/mol. The smallest absolute Gasteiger partial charge is 0.0646 e. The molecule has 0 N–H and O–H groups in total. The highest BCUT2D eigenvalue weighted by Gasteiger charge is 1.96. The second-order valence-electron chi connectivity index (χ2n) is 7.30. The minimum atomic E-state index is 0.587. The summed E-state index contributed by atoms with van der Waals surface area (Å²) in [6, 6.07) is 24.5. The van der Waals surface area contributed by atoms with Gasteiger partial charge in [-0.15, -0.1) is 0 Å². The van der Waals surface area contributed by atoms with Crippen molar-refractivity contribution in [2.24, 2.45) is 0 Å². The molecule has 158 valence electrons. The molecule has 0 aromatic heterocycles. The van der Waals surface area contributed by atoms with Gasteiger partial charge in [0, 0.05) is 29.4 Å². The summed E-state index contributed by atoms with van der Waals surface area (Å²) >= 11 is 0. The zero-order chi connectivity index (χ0) is 22.4. The fourth-order valence-corrected chi connectivity index (χ4v) is 3.08. The first-order valence-electron chi connectivity index (χ1n) is 10.9. The molecular formula is C31H28O. The van der Waals surface area contributed by atoms with Crippen molar-refractivity contribution in [3.8, 4) is 23.7 Å². The van der Waals surface area contributed by atoms with Crippen LogP contribution in [0, 0.1) is 23.7 Å². The van der Waals surface area contributed by atoms with Crippen molar-refractivity contribution in [3.63, 3.8) is 0 Å². The van der Waals surface area contributed by atoms with E-state index in [1.807, 2.05) is 60.7 Å². The van der Waals surface area contributed by atoms with E-state index in [2.05, 4.69) is 67.0 Å². The van der Waals surface area contributed by atoms with Crippen molar-refractivity contribution < 1.29 is 4.74 Å². The monoisotopic (exact) mass is 416 g/mol. The summed E-state index contributed by atoms with van der Waals surface area (Å²) in [6.45, 7) is 2.77. The Labute approximate surface area is 192 Å². The Hall–Kier alpha value is -3.78. The van der Waals surface area contributed by atoms with E-state index in [-0.39, 0.29) is 0 Å². The van der Waals surface area contributed by atoms with Gasteiger partial charge in [-0.25, -0.2) is 0 Å². The number of methoxy groups -OCH3 is 1. The Kier molecular flexibility index (Phi) is 9.17. The highest BCUT2D eigenvalue weighted by Crippen LogP contribution is 2.12. The molecule has 3 rings (SSSR count). The molecule has 0 saturated carbocycles. The minimum absolute atomic E-state index is 0.587. The van der Waals surface area contributed by atoms with Crippen molar-refractivity contribution in [3.05, 3.63) is 118 Å². The molecule has 0 bridgehead atoms. The van der Waals surface area contributed by atoms with Crippen LogP contribution in [0.4, 0.5) is 0 Å². The van der Waals surface area contributed by atoms with E-state index in [1.54, 1.807) is 7.11 Å².